The Hall–Kier alpha value is 1.24. The average Bonchev–Trinajstić information content (AvgIpc) is 2.28. The third-order valence-electron chi connectivity index (χ3n) is 1.66. The van der Waals surface area contributed by atoms with E-state index in [9.17, 15) is 0 Å². The molecule has 0 saturated carbocycles. The minimum absolute atomic E-state index is 0.778. The molecular weight excluding hydrogens is 270 g/mol. The summed E-state index contributed by atoms with van der Waals surface area (Å²) in [5.74, 6) is 1.36. The van der Waals surface area contributed by atoms with Crippen molar-refractivity contribution >= 4 is 19.6 Å². The van der Waals surface area contributed by atoms with Crippen LogP contribution in [-0.2, 0) is 26.6 Å². The summed E-state index contributed by atoms with van der Waals surface area (Å²) in [6, 6.07) is 0. The van der Waals surface area contributed by atoms with Gasteiger partial charge in [-0.2, -0.15) is 0 Å². The third-order valence-corrected chi connectivity index (χ3v) is 6.43. The summed E-state index contributed by atoms with van der Waals surface area (Å²) in [5.41, 5.74) is 0. The predicted octanol–water partition coefficient (Wildman–Crippen LogP) is 3.05. The maximum atomic E-state index is 4.94. The molecule has 1 aliphatic heterocycles. The van der Waals surface area contributed by atoms with Crippen molar-refractivity contribution in [3.8, 4) is 0 Å². The van der Waals surface area contributed by atoms with Crippen molar-refractivity contribution < 1.29 is 26.6 Å². The number of rotatable bonds is 5. The van der Waals surface area contributed by atoms with Crippen LogP contribution in [-0.4, -0.2) is 32.2 Å². The van der Waals surface area contributed by atoms with Gasteiger partial charge in [-0.25, -0.2) is 0 Å². The van der Waals surface area contributed by atoms with Crippen LogP contribution in [0.4, 0.5) is 0 Å². The average molecular weight is 289 g/mol. The van der Waals surface area contributed by atoms with E-state index in [0.717, 1.165) is 26.4 Å². The SMILES string of the molecule is C1COCCO1.CCCCCS[S][Zn]. The molecular formula is C9H19O2S2Zn. The molecule has 5 heteroatoms. The van der Waals surface area contributed by atoms with Crippen LogP contribution in [0.15, 0.2) is 0 Å². The Labute approximate surface area is 104 Å². The number of hydrogen-bond acceptors (Lipinski definition) is 4. The fourth-order valence-electron chi connectivity index (χ4n) is 0.910. The van der Waals surface area contributed by atoms with Gasteiger partial charge in [0.05, 0.1) is 26.4 Å². The predicted molar refractivity (Wildman–Crippen MR) is 61.2 cm³/mol. The third kappa shape index (κ3) is 13.2. The second kappa shape index (κ2) is 14.2. The van der Waals surface area contributed by atoms with E-state index in [1.165, 1.54) is 42.1 Å². The number of hydrogen-bond donors (Lipinski definition) is 0. The normalized spacial score (nSPS) is 15.9. The zero-order valence-electron chi connectivity index (χ0n) is 9.00. The summed E-state index contributed by atoms with van der Waals surface area (Å²) in [5, 5.41) is 0. The van der Waals surface area contributed by atoms with Crippen molar-refractivity contribution in [1.29, 1.82) is 0 Å². The molecule has 0 aromatic rings. The molecule has 0 unspecified atom stereocenters. The van der Waals surface area contributed by atoms with E-state index in [1.807, 2.05) is 19.6 Å². The molecule has 0 N–H and O–H groups in total. The molecule has 0 amide bonds. The van der Waals surface area contributed by atoms with Crippen LogP contribution >= 0.6 is 19.6 Å². The fourth-order valence-corrected chi connectivity index (χ4v) is 4.28. The molecule has 81 valence electrons. The summed E-state index contributed by atoms with van der Waals surface area (Å²) >= 11 is 1.37. The van der Waals surface area contributed by atoms with Gasteiger partial charge in [0, 0.05) is 0 Å². The molecule has 0 radical (unpaired) electrons. The Kier molecular flexibility index (Phi) is 15.5. The first kappa shape index (κ1) is 15.2. The first-order valence-corrected chi connectivity index (χ1v) is 11.2. The van der Waals surface area contributed by atoms with Gasteiger partial charge in [-0.3, -0.25) is 0 Å². The van der Waals surface area contributed by atoms with Gasteiger partial charge in [0.2, 0.25) is 0 Å². The van der Waals surface area contributed by atoms with Gasteiger partial charge in [0.25, 0.3) is 0 Å². The molecule has 2 nitrogen and oxygen atoms in total. The van der Waals surface area contributed by atoms with E-state index in [2.05, 4.69) is 6.92 Å². The van der Waals surface area contributed by atoms with Crippen LogP contribution in [0.5, 0.6) is 0 Å². The second-order valence-electron chi connectivity index (χ2n) is 2.87. The Bertz CT molecular complexity index is 85.3. The fraction of sp³-hybridized carbons (Fsp3) is 1.00. The zero-order chi connectivity index (χ0) is 10.5. The first-order chi connectivity index (χ1) is 6.91. The van der Waals surface area contributed by atoms with Crippen molar-refractivity contribution in [2.45, 2.75) is 26.2 Å². The Morgan fingerprint density at radius 2 is 1.64 bits per heavy atom. The molecule has 0 spiro atoms. The quantitative estimate of drug-likeness (QED) is 0.439. The van der Waals surface area contributed by atoms with Crippen molar-refractivity contribution in [1.82, 2.24) is 0 Å². The molecule has 0 aliphatic carbocycles. The number of unbranched alkanes of at least 4 members (excludes halogenated alkanes) is 2. The maximum absolute atomic E-state index is 4.94. The summed E-state index contributed by atoms with van der Waals surface area (Å²) in [4.78, 5) is 0. The first-order valence-electron chi connectivity index (χ1n) is 5.11. The van der Waals surface area contributed by atoms with Crippen LogP contribution < -0.4 is 0 Å². The minimum atomic E-state index is 0.778. The van der Waals surface area contributed by atoms with Gasteiger partial charge in [-0.15, -0.1) is 0 Å². The molecule has 1 rings (SSSR count). The molecule has 14 heavy (non-hydrogen) atoms. The van der Waals surface area contributed by atoms with Crippen LogP contribution in [0.3, 0.4) is 0 Å². The van der Waals surface area contributed by atoms with Gasteiger partial charge >= 0.3 is 68.6 Å². The Morgan fingerprint density at radius 3 is 2.00 bits per heavy atom. The molecule has 0 aromatic carbocycles. The van der Waals surface area contributed by atoms with E-state index < -0.39 is 0 Å². The molecule has 1 aliphatic rings. The second-order valence-corrected chi connectivity index (χ2v) is 9.62. The van der Waals surface area contributed by atoms with Crippen molar-refractivity contribution in [2.24, 2.45) is 0 Å². The summed E-state index contributed by atoms with van der Waals surface area (Å²) in [7, 11) is 4.01. The molecule has 0 bridgehead atoms. The van der Waals surface area contributed by atoms with E-state index in [0.29, 0.717) is 0 Å². The molecule has 1 fully saturated rings. The molecule has 0 aromatic heterocycles. The van der Waals surface area contributed by atoms with Crippen LogP contribution in [0.1, 0.15) is 26.2 Å². The van der Waals surface area contributed by atoms with Gasteiger partial charge in [-0.05, 0) is 0 Å². The van der Waals surface area contributed by atoms with Gasteiger partial charge < -0.3 is 9.47 Å². The van der Waals surface area contributed by atoms with Gasteiger partial charge in [-0.1, -0.05) is 0 Å². The molecule has 0 atom stereocenters. The standard InChI is InChI=1S/C5H12S2.C4H8O2.Zn/c1-2-3-4-5-7-6;1-2-6-4-3-5-1;/h6H,2-5H2,1H3;1-4H2;/q;;+1/p-1. The van der Waals surface area contributed by atoms with Crippen molar-refractivity contribution in [2.75, 3.05) is 32.2 Å². The summed E-state index contributed by atoms with van der Waals surface area (Å²) in [6.45, 7) is 5.36. The topological polar surface area (TPSA) is 18.5 Å². The van der Waals surface area contributed by atoms with E-state index >= 15 is 0 Å². The van der Waals surface area contributed by atoms with Crippen molar-refractivity contribution in [3.63, 3.8) is 0 Å². The van der Waals surface area contributed by atoms with Crippen molar-refractivity contribution in [3.05, 3.63) is 0 Å². The monoisotopic (exact) mass is 287 g/mol. The molecule has 1 heterocycles. The summed E-state index contributed by atoms with van der Waals surface area (Å²) in [6.07, 6.45) is 4.17. The number of ether oxygens (including phenoxy) is 2. The van der Waals surface area contributed by atoms with E-state index in [-0.39, 0.29) is 0 Å². The van der Waals surface area contributed by atoms with Crippen LogP contribution in [0.25, 0.3) is 0 Å². The Balaban J connectivity index is 0.000000249. The molecule has 1 saturated heterocycles. The van der Waals surface area contributed by atoms with Gasteiger partial charge in [0.15, 0.2) is 0 Å². The van der Waals surface area contributed by atoms with Crippen LogP contribution in [0.2, 0.25) is 0 Å². The Morgan fingerprint density at radius 1 is 1.07 bits per heavy atom. The summed E-state index contributed by atoms with van der Waals surface area (Å²) < 4.78 is 9.89. The van der Waals surface area contributed by atoms with Gasteiger partial charge in [0.1, 0.15) is 0 Å². The van der Waals surface area contributed by atoms with E-state index in [1.54, 1.807) is 0 Å². The zero-order valence-corrected chi connectivity index (χ0v) is 13.6. The van der Waals surface area contributed by atoms with Crippen LogP contribution in [0, 0.1) is 0 Å². The van der Waals surface area contributed by atoms with E-state index in [4.69, 9.17) is 9.47 Å².